The third-order valence-electron chi connectivity index (χ3n) is 8.45. The molecule has 1 aliphatic carbocycles. The molecule has 14 nitrogen and oxygen atoms in total. The number of ether oxygens (including phenoxy) is 2. The summed E-state index contributed by atoms with van der Waals surface area (Å²) in [5, 5.41) is 15.9. The molecule has 4 rings (SSSR count). The highest BCUT2D eigenvalue weighted by molar-refractivity contribution is 6.01. The van der Waals surface area contributed by atoms with E-state index in [2.05, 4.69) is 36.3 Å². The number of urea groups is 1. The summed E-state index contributed by atoms with van der Waals surface area (Å²) < 4.78 is 9.71. The van der Waals surface area contributed by atoms with Crippen LogP contribution < -0.4 is 15.5 Å². The lowest BCUT2D eigenvalue weighted by molar-refractivity contribution is -0.116. The van der Waals surface area contributed by atoms with E-state index in [4.69, 9.17) is 4.74 Å². The molecule has 0 atom stereocenters. The van der Waals surface area contributed by atoms with Crippen LogP contribution in [0.4, 0.5) is 22.1 Å². The summed E-state index contributed by atoms with van der Waals surface area (Å²) in [7, 11) is 8.83. The Morgan fingerprint density at radius 1 is 1.10 bits per heavy atom. The standard InChI is InChI=1S/C30H40N8O4.C4H8O.C2H6O/c1-36(13-14-39)11-12-37(2)19-22-15-21-5-4-10-38(29(21)34-27(22)20-40)30(41)35-28-16-26(23(17-31)18-32-28)33-24-6-8-25(42-3)9-7-24;1-3-4(2)5;1-3-2/h14-16,18,20,24-25H,4-13,19H2,1-3H3,(H2,32,33,35,41);3H2,1-2H3;1-2H3. The predicted octanol–water partition coefficient (Wildman–Crippen LogP) is 4.33. The molecule has 0 aromatic carbocycles. The van der Waals surface area contributed by atoms with Gasteiger partial charge in [-0.2, -0.15) is 5.26 Å². The number of aromatic nitrogens is 2. The number of methoxy groups -OCH3 is 2. The summed E-state index contributed by atoms with van der Waals surface area (Å²) >= 11 is 0. The van der Waals surface area contributed by atoms with Crippen molar-refractivity contribution >= 4 is 41.7 Å². The van der Waals surface area contributed by atoms with E-state index in [0.29, 0.717) is 61.2 Å². The number of nitrogens with zero attached hydrogens (tertiary/aromatic N) is 6. The van der Waals surface area contributed by atoms with Gasteiger partial charge in [-0.1, -0.05) is 6.92 Å². The van der Waals surface area contributed by atoms with Crippen LogP contribution in [-0.2, 0) is 32.0 Å². The molecule has 0 radical (unpaired) electrons. The maximum absolute atomic E-state index is 13.4. The van der Waals surface area contributed by atoms with E-state index < -0.39 is 6.03 Å². The quantitative estimate of drug-likeness (QED) is 0.285. The van der Waals surface area contributed by atoms with Crippen LogP contribution in [0.2, 0.25) is 0 Å². The second kappa shape index (κ2) is 22.4. The maximum Gasteiger partial charge on any atom is 0.328 e. The summed E-state index contributed by atoms with van der Waals surface area (Å²) in [6, 6.07) is 5.65. The second-order valence-electron chi connectivity index (χ2n) is 12.5. The lowest BCUT2D eigenvalue weighted by atomic mass is 9.92. The zero-order valence-electron chi connectivity index (χ0n) is 30.7. The van der Waals surface area contributed by atoms with Crippen molar-refractivity contribution in [2.24, 2.45) is 0 Å². The molecular formula is C36H54N8O6. The largest absolute Gasteiger partial charge is 0.388 e. The molecule has 0 unspecified atom stereocenters. The summed E-state index contributed by atoms with van der Waals surface area (Å²) in [5.41, 5.74) is 3.05. The van der Waals surface area contributed by atoms with Crippen molar-refractivity contribution in [3.8, 4) is 6.07 Å². The zero-order chi connectivity index (χ0) is 37.1. The van der Waals surface area contributed by atoms with Gasteiger partial charge in [0.15, 0.2) is 6.29 Å². The van der Waals surface area contributed by atoms with E-state index in [9.17, 15) is 24.4 Å². The molecule has 1 aliphatic heterocycles. The Hall–Kier alpha value is -4.29. The lowest BCUT2D eigenvalue weighted by Gasteiger charge is -2.30. The highest BCUT2D eigenvalue weighted by Gasteiger charge is 2.27. The number of hydrogen-bond donors (Lipinski definition) is 2. The number of aryl methyl sites for hydroxylation is 1. The minimum atomic E-state index is -0.396. The predicted molar refractivity (Wildman–Crippen MR) is 194 cm³/mol. The zero-order valence-corrected chi connectivity index (χ0v) is 30.7. The molecule has 14 heteroatoms. The Bertz CT molecular complexity index is 1440. The van der Waals surface area contributed by atoms with Gasteiger partial charge >= 0.3 is 6.03 Å². The number of aldehydes is 2. The number of amides is 2. The number of carbonyl (C=O) groups excluding carboxylic acids is 4. The van der Waals surface area contributed by atoms with Crippen LogP contribution in [0.5, 0.6) is 0 Å². The number of nitriles is 1. The van der Waals surface area contributed by atoms with Crippen molar-refractivity contribution in [3.63, 3.8) is 0 Å². The molecule has 274 valence electrons. The second-order valence-corrected chi connectivity index (χ2v) is 12.5. The minimum Gasteiger partial charge on any atom is -0.388 e. The number of ketones is 1. The van der Waals surface area contributed by atoms with Gasteiger partial charge in [-0.05, 0) is 76.7 Å². The van der Waals surface area contributed by atoms with Gasteiger partial charge in [0.25, 0.3) is 0 Å². The number of rotatable bonds is 13. The van der Waals surface area contributed by atoms with E-state index in [1.54, 1.807) is 39.2 Å². The van der Waals surface area contributed by atoms with Crippen molar-refractivity contribution in [2.45, 2.75) is 77.5 Å². The first-order valence-corrected chi connectivity index (χ1v) is 17.0. The fourth-order valence-electron chi connectivity index (χ4n) is 5.49. The Balaban J connectivity index is 0.000000979. The van der Waals surface area contributed by atoms with Crippen LogP contribution in [0.3, 0.4) is 0 Å². The van der Waals surface area contributed by atoms with Gasteiger partial charge in [0.1, 0.15) is 35.5 Å². The van der Waals surface area contributed by atoms with E-state index in [1.165, 1.54) is 6.20 Å². The smallest absolute Gasteiger partial charge is 0.328 e. The van der Waals surface area contributed by atoms with E-state index in [0.717, 1.165) is 68.8 Å². The molecule has 2 amide bonds. The molecule has 0 bridgehead atoms. The first-order valence-electron chi connectivity index (χ1n) is 17.0. The van der Waals surface area contributed by atoms with Gasteiger partial charge < -0.3 is 29.3 Å². The Kier molecular flexibility index (Phi) is 18.8. The maximum atomic E-state index is 13.4. The van der Waals surface area contributed by atoms with E-state index in [-0.39, 0.29) is 17.9 Å². The van der Waals surface area contributed by atoms with Gasteiger partial charge in [-0.25, -0.2) is 14.8 Å². The monoisotopic (exact) mass is 694 g/mol. The SMILES string of the molecule is CCC(C)=O.COC.COC1CCC(Nc2cc(NC(=O)N3CCCc4cc(CN(C)CCN(C)CC=O)c(C=O)nc43)ncc2C#N)CC1. The third-order valence-corrected chi connectivity index (χ3v) is 8.45. The van der Waals surface area contributed by atoms with Gasteiger partial charge in [0.05, 0.1) is 23.9 Å². The van der Waals surface area contributed by atoms with Crippen molar-refractivity contribution in [2.75, 3.05) is 77.1 Å². The fraction of sp³-hybridized carbons (Fsp3) is 0.583. The first-order chi connectivity index (χ1) is 24.0. The highest BCUT2D eigenvalue weighted by atomic mass is 16.5. The average molecular weight is 695 g/mol. The van der Waals surface area contributed by atoms with Gasteiger partial charge in [-0.3, -0.25) is 19.9 Å². The lowest BCUT2D eigenvalue weighted by Crippen LogP contribution is -2.40. The van der Waals surface area contributed by atoms with Crippen LogP contribution in [0.15, 0.2) is 18.3 Å². The van der Waals surface area contributed by atoms with E-state index in [1.807, 2.05) is 32.0 Å². The molecule has 0 saturated heterocycles. The normalized spacial score (nSPS) is 16.5. The number of hydrogen-bond acceptors (Lipinski definition) is 12. The van der Waals surface area contributed by atoms with Crippen LogP contribution >= 0.6 is 0 Å². The number of pyridine rings is 2. The number of likely N-dealkylation sites (N-methyl/N-ethyl adjacent to an activating group) is 2. The molecule has 3 heterocycles. The van der Waals surface area contributed by atoms with Crippen LogP contribution in [0.25, 0.3) is 0 Å². The van der Waals surface area contributed by atoms with E-state index >= 15 is 0 Å². The fourth-order valence-corrected chi connectivity index (χ4v) is 5.49. The van der Waals surface area contributed by atoms with Gasteiger partial charge in [0.2, 0.25) is 0 Å². The molecule has 2 aromatic rings. The summed E-state index contributed by atoms with van der Waals surface area (Å²) in [5.74, 6) is 1.05. The molecule has 2 aromatic heterocycles. The number of fused-ring (bicyclic) bond motifs is 1. The summed E-state index contributed by atoms with van der Waals surface area (Å²) in [4.78, 5) is 60.4. The topological polar surface area (TPSA) is 170 Å². The molecular weight excluding hydrogens is 640 g/mol. The van der Waals surface area contributed by atoms with Gasteiger partial charge in [0, 0.05) is 72.2 Å². The molecule has 0 spiro atoms. The Morgan fingerprint density at radius 3 is 2.34 bits per heavy atom. The van der Waals surface area contributed by atoms with Crippen molar-refractivity contribution in [1.82, 2.24) is 19.8 Å². The van der Waals surface area contributed by atoms with Crippen LogP contribution in [-0.4, -0.2) is 118 Å². The van der Waals surface area contributed by atoms with Crippen molar-refractivity contribution < 1.29 is 28.7 Å². The number of carbonyl (C=O) groups is 4. The molecule has 2 N–H and O–H groups in total. The van der Waals surface area contributed by atoms with Crippen LogP contribution in [0.1, 0.15) is 79.6 Å². The van der Waals surface area contributed by atoms with Gasteiger partial charge in [-0.15, -0.1) is 0 Å². The molecule has 1 fully saturated rings. The number of nitrogens with one attached hydrogen (secondary N) is 2. The number of anilines is 3. The van der Waals surface area contributed by atoms with Crippen molar-refractivity contribution in [3.05, 3.63) is 40.7 Å². The molecule has 50 heavy (non-hydrogen) atoms. The third kappa shape index (κ3) is 13.5. The van der Waals surface area contributed by atoms with Crippen molar-refractivity contribution in [1.29, 1.82) is 5.26 Å². The van der Waals surface area contributed by atoms with Crippen LogP contribution in [0, 0.1) is 11.3 Å². The molecule has 2 aliphatic rings. The average Bonchev–Trinajstić information content (AvgIpc) is 3.11. The number of Topliss-reactive ketones (excluding diaryl/α,β-unsaturated/α-hetero) is 1. The molecule has 1 saturated carbocycles. The highest BCUT2D eigenvalue weighted by Crippen LogP contribution is 2.30. The summed E-state index contributed by atoms with van der Waals surface area (Å²) in [6.07, 6.45) is 9.27. The Morgan fingerprint density at radius 2 is 1.76 bits per heavy atom. The minimum absolute atomic E-state index is 0.208. The first kappa shape index (κ1) is 41.9. The Labute approximate surface area is 296 Å². The summed E-state index contributed by atoms with van der Waals surface area (Å²) in [6.45, 7) is 6.22.